The number of rotatable bonds is 7. The van der Waals surface area contributed by atoms with Gasteiger partial charge in [0.25, 0.3) is 0 Å². The Morgan fingerprint density at radius 2 is 1.83 bits per heavy atom. The van der Waals surface area contributed by atoms with Crippen LogP contribution in [0.5, 0.6) is 0 Å². The molecule has 1 amide bonds. The number of halogens is 2. The summed E-state index contributed by atoms with van der Waals surface area (Å²) in [5.74, 6) is 0.00641. The van der Waals surface area contributed by atoms with Gasteiger partial charge >= 0.3 is 0 Å². The highest BCUT2D eigenvalue weighted by Crippen LogP contribution is 2.07. The van der Waals surface area contributed by atoms with E-state index in [4.69, 9.17) is 4.74 Å². The van der Waals surface area contributed by atoms with E-state index in [0.717, 1.165) is 31.7 Å². The SMILES string of the molecule is CCN(CC)Cc1ccc(CNC(=O)C2COCCN2)cc1.Cl.Cl. The van der Waals surface area contributed by atoms with Crippen LogP contribution in [0.1, 0.15) is 25.0 Å². The standard InChI is InChI=1S/C17H27N3O2.2ClH/c1-3-20(4-2)12-15-7-5-14(6-8-15)11-19-17(21)16-13-22-10-9-18-16;;/h5-8,16,18H,3-4,9-13H2,1-2H3,(H,19,21);2*1H. The van der Waals surface area contributed by atoms with Crippen LogP contribution in [0.25, 0.3) is 0 Å². The lowest BCUT2D eigenvalue weighted by atomic mass is 10.1. The summed E-state index contributed by atoms with van der Waals surface area (Å²) in [5, 5.41) is 6.12. The highest BCUT2D eigenvalue weighted by atomic mass is 35.5. The molecule has 1 atom stereocenters. The first-order valence-corrected chi connectivity index (χ1v) is 8.12. The van der Waals surface area contributed by atoms with E-state index in [0.29, 0.717) is 19.8 Å². The lowest BCUT2D eigenvalue weighted by molar-refractivity contribution is -0.126. The molecule has 0 bridgehead atoms. The maximum Gasteiger partial charge on any atom is 0.239 e. The third kappa shape index (κ3) is 7.36. The minimum absolute atomic E-state index is 0. The Balaban J connectivity index is 0.00000264. The topological polar surface area (TPSA) is 53.6 Å². The molecule has 0 spiro atoms. The fourth-order valence-corrected chi connectivity index (χ4v) is 2.51. The van der Waals surface area contributed by atoms with E-state index in [1.165, 1.54) is 5.56 Å². The van der Waals surface area contributed by atoms with Crippen molar-refractivity contribution in [1.82, 2.24) is 15.5 Å². The van der Waals surface area contributed by atoms with Gasteiger partial charge in [-0.15, -0.1) is 24.8 Å². The minimum atomic E-state index is -0.226. The van der Waals surface area contributed by atoms with E-state index < -0.39 is 0 Å². The second-order valence-corrected chi connectivity index (χ2v) is 5.58. The molecule has 24 heavy (non-hydrogen) atoms. The van der Waals surface area contributed by atoms with Crippen LogP contribution < -0.4 is 10.6 Å². The third-order valence-electron chi connectivity index (χ3n) is 4.03. The summed E-state index contributed by atoms with van der Waals surface area (Å²) < 4.78 is 5.30. The number of nitrogens with zero attached hydrogens (tertiary/aromatic N) is 1. The Morgan fingerprint density at radius 3 is 2.38 bits per heavy atom. The largest absolute Gasteiger partial charge is 0.378 e. The number of amides is 1. The van der Waals surface area contributed by atoms with Crippen molar-refractivity contribution in [1.29, 1.82) is 0 Å². The first-order valence-electron chi connectivity index (χ1n) is 8.12. The maximum atomic E-state index is 12.0. The minimum Gasteiger partial charge on any atom is -0.378 e. The molecule has 1 aliphatic rings. The molecule has 0 saturated carbocycles. The molecule has 2 rings (SSSR count). The Kier molecular flexibility index (Phi) is 12.1. The molecule has 0 aliphatic carbocycles. The number of morpholine rings is 1. The molecule has 1 aromatic rings. The highest BCUT2D eigenvalue weighted by Gasteiger charge is 2.20. The maximum absolute atomic E-state index is 12.0. The predicted molar refractivity (Wildman–Crippen MR) is 102 cm³/mol. The lowest BCUT2D eigenvalue weighted by Crippen LogP contribution is -2.51. The molecular formula is C17H29Cl2N3O2. The number of ether oxygens (including phenoxy) is 1. The molecule has 1 saturated heterocycles. The van der Waals surface area contributed by atoms with Crippen LogP contribution in [-0.4, -0.2) is 49.7 Å². The van der Waals surface area contributed by atoms with Gasteiger partial charge in [-0.3, -0.25) is 9.69 Å². The zero-order valence-electron chi connectivity index (χ0n) is 14.4. The smallest absolute Gasteiger partial charge is 0.239 e. The summed E-state index contributed by atoms with van der Waals surface area (Å²) in [7, 11) is 0. The summed E-state index contributed by atoms with van der Waals surface area (Å²) in [4.78, 5) is 14.4. The zero-order valence-corrected chi connectivity index (χ0v) is 16.0. The van der Waals surface area contributed by atoms with Gasteiger partial charge in [-0.1, -0.05) is 38.1 Å². The quantitative estimate of drug-likeness (QED) is 0.762. The van der Waals surface area contributed by atoms with Gasteiger partial charge in [0.05, 0.1) is 13.2 Å². The molecule has 7 heteroatoms. The van der Waals surface area contributed by atoms with Crippen LogP contribution in [0.4, 0.5) is 0 Å². The van der Waals surface area contributed by atoms with Crippen molar-refractivity contribution in [3.05, 3.63) is 35.4 Å². The molecule has 5 nitrogen and oxygen atoms in total. The van der Waals surface area contributed by atoms with Crippen LogP contribution in [0.15, 0.2) is 24.3 Å². The third-order valence-corrected chi connectivity index (χ3v) is 4.03. The normalized spacial score (nSPS) is 16.9. The van der Waals surface area contributed by atoms with Gasteiger partial charge in [-0.05, 0) is 24.2 Å². The summed E-state index contributed by atoms with van der Waals surface area (Å²) >= 11 is 0. The van der Waals surface area contributed by atoms with Gasteiger partial charge in [-0.25, -0.2) is 0 Å². The van der Waals surface area contributed by atoms with Crippen LogP contribution in [0.2, 0.25) is 0 Å². The molecule has 1 aromatic carbocycles. The van der Waals surface area contributed by atoms with E-state index in [1.54, 1.807) is 0 Å². The average molecular weight is 378 g/mol. The Morgan fingerprint density at radius 1 is 1.21 bits per heavy atom. The average Bonchev–Trinajstić information content (AvgIpc) is 2.59. The first-order chi connectivity index (χ1) is 10.7. The summed E-state index contributed by atoms with van der Waals surface area (Å²) in [6.07, 6.45) is 0. The number of carbonyl (C=O) groups excluding carboxylic acids is 1. The molecule has 0 radical (unpaired) electrons. The summed E-state index contributed by atoms with van der Waals surface area (Å²) in [5.41, 5.74) is 2.43. The van der Waals surface area contributed by atoms with Crippen molar-refractivity contribution in [2.24, 2.45) is 0 Å². The van der Waals surface area contributed by atoms with Crippen molar-refractivity contribution < 1.29 is 9.53 Å². The van der Waals surface area contributed by atoms with Crippen LogP contribution in [-0.2, 0) is 22.6 Å². The van der Waals surface area contributed by atoms with Crippen molar-refractivity contribution in [3.63, 3.8) is 0 Å². The molecule has 2 N–H and O–H groups in total. The molecule has 1 fully saturated rings. The number of carbonyl (C=O) groups is 1. The van der Waals surface area contributed by atoms with Crippen LogP contribution >= 0.6 is 24.8 Å². The van der Waals surface area contributed by atoms with Crippen LogP contribution in [0.3, 0.4) is 0 Å². The number of nitrogens with one attached hydrogen (secondary N) is 2. The summed E-state index contributed by atoms with van der Waals surface area (Å²) in [6, 6.07) is 8.23. The van der Waals surface area contributed by atoms with Gasteiger partial charge in [0.2, 0.25) is 5.91 Å². The van der Waals surface area contributed by atoms with Crippen molar-refractivity contribution in [3.8, 4) is 0 Å². The monoisotopic (exact) mass is 377 g/mol. The van der Waals surface area contributed by atoms with Gasteiger partial charge in [0, 0.05) is 19.6 Å². The zero-order chi connectivity index (χ0) is 15.8. The molecule has 138 valence electrons. The molecule has 1 aliphatic heterocycles. The van der Waals surface area contributed by atoms with E-state index in [9.17, 15) is 4.79 Å². The second kappa shape index (κ2) is 12.5. The summed E-state index contributed by atoms with van der Waals surface area (Å²) in [6.45, 7) is 9.87. The van der Waals surface area contributed by atoms with Gasteiger partial charge in [-0.2, -0.15) is 0 Å². The second-order valence-electron chi connectivity index (χ2n) is 5.58. The van der Waals surface area contributed by atoms with E-state index in [-0.39, 0.29) is 36.8 Å². The predicted octanol–water partition coefficient (Wildman–Crippen LogP) is 1.98. The van der Waals surface area contributed by atoms with Crippen molar-refractivity contribution >= 4 is 30.7 Å². The molecular weight excluding hydrogens is 349 g/mol. The molecule has 0 aromatic heterocycles. The fraction of sp³-hybridized carbons (Fsp3) is 0.588. The first kappa shape index (κ1) is 23.1. The van der Waals surface area contributed by atoms with Crippen molar-refractivity contribution in [2.75, 3.05) is 32.8 Å². The van der Waals surface area contributed by atoms with Gasteiger partial charge in [0.15, 0.2) is 0 Å². The van der Waals surface area contributed by atoms with Crippen LogP contribution in [0, 0.1) is 0 Å². The number of hydrogen-bond donors (Lipinski definition) is 2. The Hall–Kier alpha value is -0.850. The highest BCUT2D eigenvalue weighted by molar-refractivity contribution is 5.85. The van der Waals surface area contributed by atoms with Gasteiger partial charge in [0.1, 0.15) is 6.04 Å². The van der Waals surface area contributed by atoms with Crippen molar-refractivity contribution in [2.45, 2.75) is 33.0 Å². The number of benzene rings is 1. The van der Waals surface area contributed by atoms with Gasteiger partial charge < -0.3 is 15.4 Å². The van der Waals surface area contributed by atoms with E-state index in [1.807, 2.05) is 0 Å². The Labute approximate surface area is 157 Å². The fourth-order valence-electron chi connectivity index (χ4n) is 2.51. The van der Waals surface area contributed by atoms with E-state index in [2.05, 4.69) is 53.6 Å². The van der Waals surface area contributed by atoms with E-state index >= 15 is 0 Å². The number of hydrogen-bond acceptors (Lipinski definition) is 4. The molecule has 1 heterocycles. The molecule has 1 unspecified atom stereocenters. The lowest BCUT2D eigenvalue weighted by Gasteiger charge is -2.23. The Bertz CT molecular complexity index is 461.